The molecule has 1 amide bonds. The van der Waals surface area contributed by atoms with Crippen LogP contribution in [0.3, 0.4) is 0 Å². The molecule has 1 saturated carbocycles. The third-order valence-electron chi connectivity index (χ3n) is 4.96. The SMILES string of the molecule is C[B]c1cc(NC(=O)C2(c3ccc4c(c3)OCO4)CC2)ccc1C. The van der Waals surface area contributed by atoms with Crippen LogP contribution in [0.2, 0.25) is 6.82 Å². The Morgan fingerprint density at radius 3 is 2.67 bits per heavy atom. The van der Waals surface area contributed by atoms with Crippen molar-refractivity contribution in [3.8, 4) is 11.5 Å². The Kier molecular flexibility index (Phi) is 3.52. The van der Waals surface area contributed by atoms with E-state index >= 15 is 0 Å². The fourth-order valence-corrected chi connectivity index (χ4v) is 3.25. The van der Waals surface area contributed by atoms with E-state index in [-0.39, 0.29) is 12.7 Å². The molecule has 5 heteroatoms. The lowest BCUT2D eigenvalue weighted by molar-refractivity contribution is -0.118. The Balaban J connectivity index is 1.58. The molecule has 1 heterocycles. The first-order valence-electron chi connectivity index (χ1n) is 8.24. The Labute approximate surface area is 142 Å². The first-order chi connectivity index (χ1) is 11.6. The summed E-state index contributed by atoms with van der Waals surface area (Å²) in [4.78, 5) is 12.9. The zero-order valence-electron chi connectivity index (χ0n) is 13.9. The van der Waals surface area contributed by atoms with Crippen LogP contribution in [0.5, 0.6) is 11.5 Å². The molecule has 0 unspecified atom stereocenters. The standard InChI is InChI=1S/C19H19BNO3/c1-12-3-5-14(10-15(12)20-2)21-18(22)19(7-8-19)13-4-6-16-17(9-13)24-11-23-16/h3-6,9-10H,7-8,11H2,1-2H3,(H,21,22). The number of benzene rings is 2. The summed E-state index contributed by atoms with van der Waals surface area (Å²) < 4.78 is 10.8. The third kappa shape index (κ3) is 2.44. The number of hydrogen-bond donors (Lipinski definition) is 1. The van der Waals surface area contributed by atoms with Gasteiger partial charge in [-0.15, -0.1) is 0 Å². The summed E-state index contributed by atoms with van der Waals surface area (Å²) in [6.45, 7) is 4.32. The summed E-state index contributed by atoms with van der Waals surface area (Å²) in [7, 11) is 2.05. The van der Waals surface area contributed by atoms with Gasteiger partial charge in [0.1, 0.15) is 7.28 Å². The highest BCUT2D eigenvalue weighted by molar-refractivity contribution is 6.52. The van der Waals surface area contributed by atoms with E-state index in [0.29, 0.717) is 0 Å². The predicted molar refractivity (Wildman–Crippen MR) is 94.5 cm³/mol. The molecule has 1 N–H and O–H groups in total. The highest BCUT2D eigenvalue weighted by Gasteiger charge is 2.51. The summed E-state index contributed by atoms with van der Waals surface area (Å²) in [5.74, 6) is 1.52. The number of amides is 1. The van der Waals surface area contributed by atoms with Gasteiger partial charge in [-0.25, -0.2) is 0 Å². The normalized spacial score (nSPS) is 16.6. The van der Waals surface area contributed by atoms with E-state index in [4.69, 9.17) is 9.47 Å². The average molecular weight is 320 g/mol. The van der Waals surface area contributed by atoms with Gasteiger partial charge >= 0.3 is 0 Å². The van der Waals surface area contributed by atoms with Crippen molar-refractivity contribution in [3.63, 3.8) is 0 Å². The fourth-order valence-electron chi connectivity index (χ4n) is 3.25. The van der Waals surface area contributed by atoms with Gasteiger partial charge < -0.3 is 14.8 Å². The smallest absolute Gasteiger partial charge is 0.235 e. The number of carbonyl (C=O) groups excluding carboxylic acids is 1. The van der Waals surface area contributed by atoms with Gasteiger partial charge in [-0.3, -0.25) is 4.79 Å². The molecule has 121 valence electrons. The zero-order valence-corrected chi connectivity index (χ0v) is 13.9. The molecule has 2 aromatic carbocycles. The zero-order chi connectivity index (χ0) is 16.7. The first-order valence-corrected chi connectivity index (χ1v) is 8.24. The minimum Gasteiger partial charge on any atom is -0.454 e. The summed E-state index contributed by atoms with van der Waals surface area (Å²) in [5.41, 5.74) is 3.74. The van der Waals surface area contributed by atoms with Crippen LogP contribution in [0.1, 0.15) is 24.0 Å². The Morgan fingerprint density at radius 2 is 1.92 bits per heavy atom. The van der Waals surface area contributed by atoms with Crippen molar-refractivity contribution in [2.24, 2.45) is 0 Å². The van der Waals surface area contributed by atoms with Gasteiger partial charge in [0.05, 0.1) is 5.41 Å². The molecule has 2 aliphatic rings. The van der Waals surface area contributed by atoms with Crippen LogP contribution in [0.4, 0.5) is 5.69 Å². The Morgan fingerprint density at radius 1 is 1.12 bits per heavy atom. The summed E-state index contributed by atoms with van der Waals surface area (Å²) in [6.07, 6.45) is 1.72. The van der Waals surface area contributed by atoms with E-state index in [0.717, 1.165) is 41.1 Å². The van der Waals surface area contributed by atoms with Crippen LogP contribution in [-0.2, 0) is 10.2 Å². The van der Waals surface area contributed by atoms with Crippen molar-refractivity contribution in [2.45, 2.75) is 32.0 Å². The quantitative estimate of drug-likeness (QED) is 0.881. The number of carbonyl (C=O) groups is 1. The Bertz CT molecular complexity index is 814. The van der Waals surface area contributed by atoms with Gasteiger partial charge in [-0.05, 0) is 49.6 Å². The van der Waals surface area contributed by atoms with Crippen molar-refractivity contribution in [2.75, 3.05) is 12.1 Å². The number of rotatable bonds is 4. The maximum absolute atomic E-state index is 12.9. The largest absolute Gasteiger partial charge is 0.454 e. The molecule has 2 aromatic rings. The second kappa shape index (κ2) is 5.58. The van der Waals surface area contributed by atoms with E-state index in [1.54, 1.807) is 0 Å². The fraction of sp³-hybridized carbons (Fsp3) is 0.316. The number of hydrogen-bond acceptors (Lipinski definition) is 3. The van der Waals surface area contributed by atoms with Crippen LogP contribution in [0.15, 0.2) is 36.4 Å². The second-order valence-electron chi connectivity index (χ2n) is 6.46. The molecule has 1 radical (unpaired) electrons. The van der Waals surface area contributed by atoms with Crippen LogP contribution >= 0.6 is 0 Å². The van der Waals surface area contributed by atoms with E-state index in [9.17, 15) is 4.79 Å². The predicted octanol–water partition coefficient (Wildman–Crippen LogP) is 2.77. The van der Waals surface area contributed by atoms with Gasteiger partial charge in [-0.1, -0.05) is 30.0 Å². The lowest BCUT2D eigenvalue weighted by Crippen LogP contribution is -2.28. The lowest BCUT2D eigenvalue weighted by atomic mass is 9.71. The first kappa shape index (κ1) is 15.1. The molecule has 1 fully saturated rings. The molecule has 0 spiro atoms. The highest BCUT2D eigenvalue weighted by atomic mass is 16.7. The number of aryl methyl sites for hydroxylation is 1. The molecule has 4 rings (SSSR count). The van der Waals surface area contributed by atoms with Crippen LogP contribution < -0.4 is 20.3 Å². The topological polar surface area (TPSA) is 47.6 Å². The minimum absolute atomic E-state index is 0.0484. The molecule has 0 saturated heterocycles. The van der Waals surface area contributed by atoms with Gasteiger partial charge in [-0.2, -0.15) is 0 Å². The molecule has 0 bridgehead atoms. The van der Waals surface area contributed by atoms with Crippen LogP contribution in [0.25, 0.3) is 0 Å². The van der Waals surface area contributed by atoms with Crippen molar-refractivity contribution in [1.29, 1.82) is 0 Å². The molecule has 24 heavy (non-hydrogen) atoms. The van der Waals surface area contributed by atoms with Gasteiger partial charge in [0.2, 0.25) is 12.7 Å². The molecule has 0 aromatic heterocycles. The number of nitrogens with one attached hydrogen (secondary N) is 1. The van der Waals surface area contributed by atoms with Crippen molar-refractivity contribution < 1.29 is 14.3 Å². The summed E-state index contributed by atoms with van der Waals surface area (Å²) in [6, 6.07) is 11.8. The lowest BCUT2D eigenvalue weighted by Gasteiger charge is -2.17. The average Bonchev–Trinajstić information content (AvgIpc) is 3.28. The number of anilines is 1. The van der Waals surface area contributed by atoms with Crippen molar-refractivity contribution in [1.82, 2.24) is 0 Å². The highest BCUT2D eigenvalue weighted by Crippen LogP contribution is 2.51. The monoisotopic (exact) mass is 320 g/mol. The van der Waals surface area contributed by atoms with Crippen molar-refractivity contribution >= 4 is 24.3 Å². The van der Waals surface area contributed by atoms with E-state index in [1.165, 1.54) is 5.56 Å². The van der Waals surface area contributed by atoms with Gasteiger partial charge in [0.15, 0.2) is 11.5 Å². The maximum Gasteiger partial charge on any atom is 0.235 e. The van der Waals surface area contributed by atoms with Crippen molar-refractivity contribution in [3.05, 3.63) is 47.5 Å². The van der Waals surface area contributed by atoms with Crippen LogP contribution in [0, 0.1) is 6.92 Å². The van der Waals surface area contributed by atoms with Gasteiger partial charge in [0.25, 0.3) is 0 Å². The molecule has 0 atom stereocenters. The third-order valence-corrected chi connectivity index (χ3v) is 4.96. The second-order valence-corrected chi connectivity index (χ2v) is 6.46. The van der Waals surface area contributed by atoms with Crippen LogP contribution in [-0.4, -0.2) is 20.0 Å². The van der Waals surface area contributed by atoms with E-state index in [2.05, 4.69) is 19.5 Å². The molecular weight excluding hydrogens is 301 g/mol. The summed E-state index contributed by atoms with van der Waals surface area (Å²) >= 11 is 0. The maximum atomic E-state index is 12.9. The van der Waals surface area contributed by atoms with Gasteiger partial charge in [0, 0.05) is 5.69 Å². The minimum atomic E-state index is -0.443. The van der Waals surface area contributed by atoms with E-state index < -0.39 is 5.41 Å². The molecule has 4 nitrogen and oxygen atoms in total. The number of fused-ring (bicyclic) bond motifs is 1. The molecular formula is C19H19BNO3. The molecule has 1 aliphatic heterocycles. The Hall–Kier alpha value is -2.43. The molecule has 1 aliphatic carbocycles. The summed E-state index contributed by atoms with van der Waals surface area (Å²) in [5, 5.41) is 3.08. The van der Waals surface area contributed by atoms with E-state index in [1.807, 2.05) is 43.2 Å². The number of ether oxygens (including phenoxy) is 2.